The van der Waals surface area contributed by atoms with Crippen molar-refractivity contribution in [1.82, 2.24) is 20.9 Å². The van der Waals surface area contributed by atoms with E-state index in [4.69, 9.17) is 4.74 Å². The zero-order valence-corrected chi connectivity index (χ0v) is 21.6. The number of hydrogen-bond acceptors (Lipinski definition) is 4. The minimum absolute atomic E-state index is 0.0852. The molecular weight excluding hydrogens is 447 g/mol. The smallest absolute Gasteiger partial charge is 0.317 e. The van der Waals surface area contributed by atoms with Crippen molar-refractivity contribution < 1.29 is 18.7 Å². The van der Waals surface area contributed by atoms with E-state index in [1.807, 2.05) is 7.05 Å². The first-order valence-electron chi connectivity index (χ1n) is 13.2. The molecule has 0 bridgehead atoms. The lowest BCUT2D eigenvalue weighted by Gasteiger charge is -2.33. The molecule has 1 aromatic carbocycles. The Balaban J connectivity index is 1.64. The summed E-state index contributed by atoms with van der Waals surface area (Å²) in [4.78, 5) is 27.5. The summed E-state index contributed by atoms with van der Waals surface area (Å²) in [6.45, 7) is 1.82. The van der Waals surface area contributed by atoms with E-state index < -0.39 is 5.54 Å². The van der Waals surface area contributed by atoms with E-state index in [1.54, 1.807) is 25.1 Å². The molecule has 3 rings (SSSR count). The molecule has 0 aromatic heterocycles. The normalized spacial score (nSPS) is 20.9. The van der Waals surface area contributed by atoms with Crippen molar-refractivity contribution in [2.24, 2.45) is 5.92 Å². The summed E-state index contributed by atoms with van der Waals surface area (Å²) in [5, 5.41) is 9.55. The fourth-order valence-electron chi connectivity index (χ4n) is 5.66. The summed E-state index contributed by atoms with van der Waals surface area (Å²) in [5.41, 5.74) is 0.523. The number of carbonyl (C=O) groups is 2. The molecule has 2 atom stereocenters. The number of likely N-dealkylation sites (N-methyl/N-ethyl adjacent to an activating group) is 1. The van der Waals surface area contributed by atoms with Crippen molar-refractivity contribution in [3.05, 3.63) is 35.1 Å². The predicted octanol–water partition coefficient (Wildman–Crippen LogP) is 4.17. The highest BCUT2D eigenvalue weighted by atomic mass is 19.1. The molecule has 1 aliphatic carbocycles. The Bertz CT molecular complexity index is 846. The van der Waals surface area contributed by atoms with E-state index >= 15 is 0 Å². The third-order valence-corrected chi connectivity index (χ3v) is 7.64. The maximum absolute atomic E-state index is 14.2. The number of nitrogens with zero attached hydrogens (tertiary/aromatic N) is 1. The maximum Gasteiger partial charge on any atom is 0.317 e. The zero-order valence-electron chi connectivity index (χ0n) is 21.6. The Morgan fingerprint density at radius 3 is 2.74 bits per heavy atom. The van der Waals surface area contributed by atoms with Crippen LogP contribution in [0.2, 0.25) is 0 Å². The predicted molar refractivity (Wildman–Crippen MR) is 136 cm³/mol. The van der Waals surface area contributed by atoms with E-state index in [2.05, 4.69) is 16.0 Å². The standard InChI is InChI=1S/C27H43FN4O3/c1-29-19-22(17-20-9-5-4-6-10-20)30-26(34)32(2)15-14-27(13-7-8-16-35-3)24-18-21(28)11-12-23(24)25(33)31-27/h11-12,18,20,22,29H,4-10,13-17,19H2,1-3H3,(H,30,34)(H,31,33)/t22?,27-/m0/s1. The van der Waals surface area contributed by atoms with Crippen LogP contribution in [0.4, 0.5) is 9.18 Å². The number of amides is 3. The third kappa shape index (κ3) is 7.40. The summed E-state index contributed by atoms with van der Waals surface area (Å²) in [5.74, 6) is 0.133. The summed E-state index contributed by atoms with van der Waals surface area (Å²) in [7, 11) is 5.37. The Labute approximate surface area is 209 Å². The zero-order chi connectivity index (χ0) is 25.3. The molecule has 3 N–H and O–H groups in total. The second-order valence-electron chi connectivity index (χ2n) is 10.3. The van der Waals surface area contributed by atoms with Crippen LogP contribution in [-0.4, -0.2) is 63.8 Å². The summed E-state index contributed by atoms with van der Waals surface area (Å²) < 4.78 is 19.3. The van der Waals surface area contributed by atoms with Crippen LogP contribution in [0.25, 0.3) is 0 Å². The fraction of sp³-hybridized carbons (Fsp3) is 0.704. The molecule has 7 nitrogen and oxygen atoms in total. The number of hydrogen-bond donors (Lipinski definition) is 3. The Kier molecular flexibility index (Phi) is 10.3. The molecule has 1 unspecified atom stereocenters. The number of unbranched alkanes of at least 4 members (excludes halogenated alkanes) is 1. The maximum atomic E-state index is 14.2. The topological polar surface area (TPSA) is 82.7 Å². The van der Waals surface area contributed by atoms with Gasteiger partial charge in [0.05, 0.1) is 5.54 Å². The third-order valence-electron chi connectivity index (χ3n) is 7.64. The quantitative estimate of drug-likeness (QED) is 0.363. The second-order valence-corrected chi connectivity index (χ2v) is 10.3. The van der Waals surface area contributed by atoms with E-state index in [9.17, 15) is 14.0 Å². The van der Waals surface area contributed by atoms with Crippen molar-refractivity contribution in [3.63, 3.8) is 0 Å². The number of urea groups is 1. The van der Waals surface area contributed by atoms with E-state index in [-0.39, 0.29) is 23.8 Å². The molecule has 1 heterocycles. The first-order valence-corrected chi connectivity index (χ1v) is 13.2. The molecule has 8 heteroatoms. The lowest BCUT2D eigenvalue weighted by Crippen LogP contribution is -2.49. The van der Waals surface area contributed by atoms with Gasteiger partial charge in [-0.15, -0.1) is 0 Å². The van der Waals surface area contributed by atoms with Crippen molar-refractivity contribution in [3.8, 4) is 0 Å². The summed E-state index contributed by atoms with van der Waals surface area (Å²) >= 11 is 0. The van der Waals surface area contributed by atoms with Crippen LogP contribution in [0.3, 0.4) is 0 Å². The van der Waals surface area contributed by atoms with Gasteiger partial charge in [-0.2, -0.15) is 0 Å². The fourth-order valence-corrected chi connectivity index (χ4v) is 5.66. The van der Waals surface area contributed by atoms with Gasteiger partial charge in [-0.05, 0) is 68.8 Å². The molecule has 35 heavy (non-hydrogen) atoms. The van der Waals surface area contributed by atoms with Gasteiger partial charge in [0.1, 0.15) is 5.82 Å². The molecule has 0 saturated heterocycles. The van der Waals surface area contributed by atoms with Crippen LogP contribution >= 0.6 is 0 Å². The van der Waals surface area contributed by atoms with Gasteiger partial charge in [0.25, 0.3) is 5.91 Å². The first kappa shape index (κ1) is 27.4. The Morgan fingerprint density at radius 1 is 1.26 bits per heavy atom. The molecule has 0 spiro atoms. The Hall–Kier alpha value is -2.19. The molecule has 1 saturated carbocycles. The largest absolute Gasteiger partial charge is 0.385 e. The number of carbonyl (C=O) groups excluding carboxylic acids is 2. The van der Waals surface area contributed by atoms with Crippen LogP contribution in [0.15, 0.2) is 18.2 Å². The van der Waals surface area contributed by atoms with Gasteiger partial charge >= 0.3 is 6.03 Å². The van der Waals surface area contributed by atoms with Crippen molar-refractivity contribution in [2.75, 3.05) is 40.9 Å². The molecule has 1 aromatic rings. The monoisotopic (exact) mass is 490 g/mol. The minimum Gasteiger partial charge on any atom is -0.385 e. The highest BCUT2D eigenvalue weighted by Gasteiger charge is 2.42. The lowest BCUT2D eigenvalue weighted by atomic mass is 9.82. The van der Waals surface area contributed by atoms with E-state index in [0.29, 0.717) is 43.0 Å². The van der Waals surface area contributed by atoms with Gasteiger partial charge < -0.3 is 25.6 Å². The number of fused-ring (bicyclic) bond motifs is 1. The molecule has 196 valence electrons. The van der Waals surface area contributed by atoms with Crippen LogP contribution in [0, 0.1) is 11.7 Å². The van der Waals surface area contributed by atoms with Crippen LogP contribution < -0.4 is 16.0 Å². The van der Waals surface area contributed by atoms with Crippen molar-refractivity contribution in [2.45, 2.75) is 75.8 Å². The number of benzene rings is 1. The summed E-state index contributed by atoms with van der Waals surface area (Å²) in [6.07, 6.45) is 10.2. The van der Waals surface area contributed by atoms with E-state index in [0.717, 1.165) is 25.8 Å². The SMILES string of the molecule is CNCC(CC1CCCCC1)NC(=O)N(C)CC[C@]1(CCCCOC)NC(=O)c2ccc(F)cc21. The average molecular weight is 491 g/mol. The van der Waals surface area contributed by atoms with Crippen LogP contribution in [0.1, 0.15) is 80.1 Å². The molecule has 0 radical (unpaired) electrons. The lowest BCUT2D eigenvalue weighted by molar-refractivity contribution is 0.0914. The number of nitrogens with one attached hydrogen (secondary N) is 3. The highest BCUT2D eigenvalue weighted by molar-refractivity contribution is 6.00. The number of ether oxygens (including phenoxy) is 1. The minimum atomic E-state index is -0.691. The van der Waals surface area contributed by atoms with Gasteiger partial charge in [-0.25, -0.2) is 9.18 Å². The van der Waals surface area contributed by atoms with Gasteiger partial charge in [0.15, 0.2) is 0 Å². The Morgan fingerprint density at radius 2 is 2.03 bits per heavy atom. The second kappa shape index (κ2) is 13.2. The molecule has 3 amide bonds. The molecule has 1 aliphatic heterocycles. The summed E-state index contributed by atoms with van der Waals surface area (Å²) in [6, 6.07) is 4.33. The van der Waals surface area contributed by atoms with Crippen molar-refractivity contribution in [1.29, 1.82) is 0 Å². The molecular formula is C27H43FN4O3. The van der Waals surface area contributed by atoms with Crippen molar-refractivity contribution >= 4 is 11.9 Å². The number of halogens is 1. The van der Waals surface area contributed by atoms with Crippen LogP contribution in [0.5, 0.6) is 0 Å². The van der Waals surface area contributed by atoms with Crippen LogP contribution in [-0.2, 0) is 10.3 Å². The number of rotatable bonds is 13. The van der Waals surface area contributed by atoms with Gasteiger partial charge in [-0.3, -0.25) is 4.79 Å². The highest BCUT2D eigenvalue weighted by Crippen LogP contribution is 2.39. The first-order chi connectivity index (χ1) is 16.9. The number of methoxy groups -OCH3 is 1. The molecule has 1 fully saturated rings. The van der Waals surface area contributed by atoms with Gasteiger partial charge in [0.2, 0.25) is 0 Å². The van der Waals surface area contributed by atoms with Gasteiger partial charge in [-0.1, -0.05) is 32.1 Å². The average Bonchev–Trinajstić information content (AvgIpc) is 3.12. The van der Waals surface area contributed by atoms with Gasteiger partial charge in [0, 0.05) is 45.5 Å². The molecule has 2 aliphatic rings. The van der Waals surface area contributed by atoms with E-state index in [1.165, 1.54) is 44.2 Å².